The van der Waals surface area contributed by atoms with Crippen LogP contribution in [-0.4, -0.2) is 11.9 Å². The molecule has 0 radical (unpaired) electrons. The van der Waals surface area contributed by atoms with E-state index in [1.54, 1.807) is 0 Å². The first kappa shape index (κ1) is 18.8. The number of rotatable bonds is 6. The molecule has 0 bridgehead atoms. The third kappa shape index (κ3) is 5.88. The van der Waals surface area contributed by atoms with E-state index in [1.165, 1.54) is 25.7 Å². The van der Waals surface area contributed by atoms with Gasteiger partial charge in [0, 0.05) is 11.7 Å². The second-order valence-electron chi connectivity index (χ2n) is 6.75. The highest BCUT2D eigenvalue weighted by atomic mass is 35.5. The highest BCUT2D eigenvalue weighted by molar-refractivity contribution is 5.85. The Bertz CT molecular complexity index is 459. The lowest BCUT2D eigenvalue weighted by Gasteiger charge is -2.22. The lowest BCUT2D eigenvalue weighted by Crippen LogP contribution is -2.38. The molecule has 2 unspecified atom stereocenters. The third-order valence-corrected chi connectivity index (χ3v) is 4.46. The van der Waals surface area contributed by atoms with E-state index in [0.29, 0.717) is 18.4 Å². The molecule has 4 heteroatoms. The van der Waals surface area contributed by atoms with Crippen molar-refractivity contribution >= 4 is 24.0 Å². The van der Waals surface area contributed by atoms with Crippen LogP contribution in [0.1, 0.15) is 51.5 Å². The topological polar surface area (TPSA) is 55.1 Å². The number of nitrogen functional groups attached to an aromatic ring is 1. The van der Waals surface area contributed by atoms with Gasteiger partial charge in [-0.25, -0.2) is 0 Å². The summed E-state index contributed by atoms with van der Waals surface area (Å²) in [6.07, 6.45) is 6.60. The van der Waals surface area contributed by atoms with Crippen LogP contribution in [0.15, 0.2) is 24.3 Å². The maximum atomic E-state index is 12.2. The molecule has 124 valence electrons. The van der Waals surface area contributed by atoms with Crippen molar-refractivity contribution in [3.8, 4) is 0 Å². The molecule has 1 aliphatic rings. The average Bonchev–Trinajstić information content (AvgIpc) is 2.86. The van der Waals surface area contributed by atoms with Crippen LogP contribution in [0, 0.1) is 11.8 Å². The summed E-state index contributed by atoms with van der Waals surface area (Å²) >= 11 is 0. The van der Waals surface area contributed by atoms with E-state index in [9.17, 15) is 4.79 Å². The molecular weight excluding hydrogens is 296 g/mol. The molecule has 0 saturated heterocycles. The fraction of sp³-hybridized carbons (Fsp3) is 0.611. The van der Waals surface area contributed by atoms with Crippen LogP contribution in [-0.2, 0) is 11.2 Å². The molecule has 1 saturated carbocycles. The Hall–Kier alpha value is -1.22. The van der Waals surface area contributed by atoms with Crippen molar-refractivity contribution < 1.29 is 4.79 Å². The SMILES string of the molecule is CC(C)CCC1CCCC1NC(=O)Cc1ccc(N)cc1.Cl. The maximum absolute atomic E-state index is 12.2. The Morgan fingerprint density at radius 1 is 1.27 bits per heavy atom. The minimum atomic E-state index is 0. The second-order valence-corrected chi connectivity index (χ2v) is 6.75. The first-order chi connectivity index (χ1) is 10.0. The van der Waals surface area contributed by atoms with E-state index in [-0.39, 0.29) is 18.3 Å². The van der Waals surface area contributed by atoms with Crippen LogP contribution < -0.4 is 11.1 Å². The van der Waals surface area contributed by atoms with Crippen molar-refractivity contribution in [1.82, 2.24) is 5.32 Å². The molecule has 3 nitrogen and oxygen atoms in total. The van der Waals surface area contributed by atoms with Gasteiger partial charge >= 0.3 is 0 Å². The smallest absolute Gasteiger partial charge is 0.224 e. The Balaban J connectivity index is 0.00000242. The molecule has 1 amide bonds. The van der Waals surface area contributed by atoms with Gasteiger partial charge in [0.05, 0.1) is 6.42 Å². The van der Waals surface area contributed by atoms with Crippen molar-refractivity contribution in [3.63, 3.8) is 0 Å². The number of hydrogen-bond acceptors (Lipinski definition) is 2. The predicted octanol–water partition coefficient (Wildman–Crippen LogP) is 3.95. The molecule has 22 heavy (non-hydrogen) atoms. The van der Waals surface area contributed by atoms with E-state index in [1.807, 2.05) is 24.3 Å². The van der Waals surface area contributed by atoms with Crippen molar-refractivity contribution in [1.29, 1.82) is 0 Å². The van der Waals surface area contributed by atoms with Gasteiger partial charge in [-0.15, -0.1) is 12.4 Å². The minimum absolute atomic E-state index is 0. The zero-order valence-corrected chi connectivity index (χ0v) is 14.5. The van der Waals surface area contributed by atoms with Crippen LogP contribution in [0.4, 0.5) is 5.69 Å². The monoisotopic (exact) mass is 324 g/mol. The molecule has 1 aliphatic carbocycles. The first-order valence-corrected chi connectivity index (χ1v) is 8.18. The molecule has 0 heterocycles. The van der Waals surface area contributed by atoms with Gasteiger partial charge in [0.2, 0.25) is 5.91 Å². The molecule has 2 rings (SSSR count). The van der Waals surface area contributed by atoms with Gasteiger partial charge in [-0.3, -0.25) is 4.79 Å². The Kier molecular flexibility index (Phi) is 7.74. The lowest BCUT2D eigenvalue weighted by molar-refractivity contribution is -0.121. The molecular formula is C18H29ClN2O. The second kappa shape index (κ2) is 9.04. The van der Waals surface area contributed by atoms with Crippen LogP contribution in [0.3, 0.4) is 0 Å². The summed E-state index contributed by atoms with van der Waals surface area (Å²) in [5.74, 6) is 1.56. The molecule has 1 aromatic carbocycles. The number of benzene rings is 1. The van der Waals surface area contributed by atoms with Gasteiger partial charge in [-0.1, -0.05) is 38.8 Å². The van der Waals surface area contributed by atoms with Crippen molar-refractivity contribution in [2.75, 3.05) is 5.73 Å². The number of carbonyl (C=O) groups is 1. The molecule has 1 fully saturated rings. The van der Waals surface area contributed by atoms with Gasteiger partial charge in [-0.05, 0) is 48.8 Å². The van der Waals surface area contributed by atoms with E-state index in [2.05, 4.69) is 19.2 Å². The summed E-state index contributed by atoms with van der Waals surface area (Å²) in [6, 6.07) is 7.94. The van der Waals surface area contributed by atoms with Gasteiger partial charge < -0.3 is 11.1 Å². The Labute approximate surface area is 140 Å². The lowest BCUT2D eigenvalue weighted by atomic mass is 9.93. The van der Waals surface area contributed by atoms with E-state index >= 15 is 0 Å². The van der Waals surface area contributed by atoms with Crippen molar-refractivity contribution in [2.45, 2.75) is 58.4 Å². The van der Waals surface area contributed by atoms with Crippen molar-refractivity contribution in [3.05, 3.63) is 29.8 Å². The Morgan fingerprint density at radius 2 is 1.95 bits per heavy atom. The zero-order valence-electron chi connectivity index (χ0n) is 13.7. The average molecular weight is 325 g/mol. The molecule has 0 aliphatic heterocycles. The summed E-state index contributed by atoms with van der Waals surface area (Å²) < 4.78 is 0. The highest BCUT2D eigenvalue weighted by Crippen LogP contribution is 2.30. The maximum Gasteiger partial charge on any atom is 0.224 e. The molecule has 2 atom stereocenters. The van der Waals surface area contributed by atoms with Gasteiger partial charge in [0.15, 0.2) is 0 Å². The Morgan fingerprint density at radius 3 is 2.59 bits per heavy atom. The number of hydrogen-bond donors (Lipinski definition) is 2. The normalized spacial score (nSPS) is 20.7. The molecule has 0 spiro atoms. The number of anilines is 1. The standard InChI is InChI=1S/C18H28N2O.ClH/c1-13(2)6-9-15-4-3-5-17(15)20-18(21)12-14-7-10-16(19)11-8-14;/h7-8,10-11,13,15,17H,3-6,9,12,19H2,1-2H3,(H,20,21);1H. The van der Waals surface area contributed by atoms with E-state index < -0.39 is 0 Å². The minimum Gasteiger partial charge on any atom is -0.399 e. The molecule has 0 aromatic heterocycles. The summed E-state index contributed by atoms with van der Waals surface area (Å²) in [5, 5.41) is 3.25. The van der Waals surface area contributed by atoms with Crippen LogP contribution in [0.2, 0.25) is 0 Å². The number of carbonyl (C=O) groups excluding carboxylic acids is 1. The quantitative estimate of drug-likeness (QED) is 0.778. The number of amides is 1. The summed E-state index contributed by atoms with van der Waals surface area (Å²) in [4.78, 5) is 12.2. The fourth-order valence-electron chi connectivity index (χ4n) is 3.20. The largest absolute Gasteiger partial charge is 0.399 e. The predicted molar refractivity (Wildman–Crippen MR) is 95.2 cm³/mol. The number of nitrogens with one attached hydrogen (secondary N) is 1. The molecule has 3 N–H and O–H groups in total. The molecule has 1 aromatic rings. The van der Waals surface area contributed by atoms with E-state index in [0.717, 1.165) is 23.6 Å². The van der Waals surface area contributed by atoms with Crippen LogP contribution in [0.25, 0.3) is 0 Å². The number of halogens is 1. The summed E-state index contributed by atoms with van der Waals surface area (Å²) in [7, 11) is 0. The third-order valence-electron chi connectivity index (χ3n) is 4.46. The highest BCUT2D eigenvalue weighted by Gasteiger charge is 2.28. The zero-order chi connectivity index (χ0) is 15.2. The number of nitrogens with two attached hydrogens (primary N) is 1. The van der Waals surface area contributed by atoms with Crippen molar-refractivity contribution in [2.24, 2.45) is 11.8 Å². The van der Waals surface area contributed by atoms with Crippen LogP contribution in [0.5, 0.6) is 0 Å². The van der Waals surface area contributed by atoms with Gasteiger partial charge in [0.25, 0.3) is 0 Å². The summed E-state index contributed by atoms with van der Waals surface area (Å²) in [6.45, 7) is 4.54. The van der Waals surface area contributed by atoms with Crippen LogP contribution >= 0.6 is 12.4 Å². The van der Waals surface area contributed by atoms with E-state index in [4.69, 9.17) is 5.73 Å². The van der Waals surface area contributed by atoms with Gasteiger partial charge in [0.1, 0.15) is 0 Å². The summed E-state index contributed by atoms with van der Waals surface area (Å²) in [5.41, 5.74) is 7.43. The fourth-order valence-corrected chi connectivity index (χ4v) is 3.20. The van der Waals surface area contributed by atoms with Gasteiger partial charge in [-0.2, -0.15) is 0 Å². The first-order valence-electron chi connectivity index (χ1n) is 8.18.